The lowest BCUT2D eigenvalue weighted by Crippen LogP contribution is -2.35. The molecule has 0 spiro atoms. The molecule has 0 saturated carbocycles. The first-order valence-electron chi connectivity index (χ1n) is 10.5. The van der Waals surface area contributed by atoms with Gasteiger partial charge >= 0.3 is 0 Å². The van der Waals surface area contributed by atoms with E-state index in [9.17, 15) is 0 Å². The predicted molar refractivity (Wildman–Crippen MR) is 121 cm³/mol. The Morgan fingerprint density at radius 2 is 1.83 bits per heavy atom. The van der Waals surface area contributed by atoms with E-state index in [1.807, 2.05) is 18.3 Å². The van der Waals surface area contributed by atoms with Crippen LogP contribution < -0.4 is 4.74 Å². The summed E-state index contributed by atoms with van der Waals surface area (Å²) in [5.41, 5.74) is 4.61. The number of ether oxygens (including phenoxy) is 1. The van der Waals surface area contributed by atoms with E-state index in [2.05, 4.69) is 61.1 Å². The normalized spacial score (nSPS) is 15.7. The van der Waals surface area contributed by atoms with Crippen molar-refractivity contribution in [3.05, 3.63) is 64.3 Å². The van der Waals surface area contributed by atoms with Crippen molar-refractivity contribution < 1.29 is 4.74 Å². The SMILES string of the molecule is COc1ccc2nccc(CCN3CCC(CCc4ccc(Br)cc4)CC3)c2n1. The number of aryl methyl sites for hydroxylation is 1. The second kappa shape index (κ2) is 9.68. The quantitative estimate of drug-likeness (QED) is 0.487. The number of fused-ring (bicyclic) bond motifs is 1. The number of pyridine rings is 2. The first kappa shape index (κ1) is 20.3. The fraction of sp³-hybridized carbons (Fsp3) is 0.417. The standard InChI is InChI=1S/C24H28BrN3O/c1-29-23-9-8-22-24(27-23)20(10-14-26-22)13-17-28-15-11-19(12-16-28)3-2-18-4-6-21(25)7-5-18/h4-10,14,19H,2-3,11-13,15-17H2,1H3. The number of nitrogens with zero attached hydrogens (tertiary/aromatic N) is 3. The largest absolute Gasteiger partial charge is 0.481 e. The van der Waals surface area contributed by atoms with Crippen molar-refractivity contribution in [2.75, 3.05) is 26.7 Å². The fourth-order valence-corrected chi connectivity index (χ4v) is 4.44. The van der Waals surface area contributed by atoms with Crippen LogP contribution in [0.5, 0.6) is 5.88 Å². The van der Waals surface area contributed by atoms with E-state index in [4.69, 9.17) is 4.74 Å². The summed E-state index contributed by atoms with van der Waals surface area (Å²) in [6.07, 6.45) is 7.99. The van der Waals surface area contributed by atoms with Crippen LogP contribution in [-0.2, 0) is 12.8 Å². The van der Waals surface area contributed by atoms with Crippen molar-refractivity contribution in [3.63, 3.8) is 0 Å². The Balaban J connectivity index is 1.27. The van der Waals surface area contributed by atoms with Crippen LogP contribution in [0.1, 0.15) is 30.4 Å². The van der Waals surface area contributed by atoms with Crippen LogP contribution in [0.4, 0.5) is 0 Å². The first-order valence-corrected chi connectivity index (χ1v) is 11.3. The lowest BCUT2D eigenvalue weighted by molar-refractivity contribution is 0.181. The second-order valence-electron chi connectivity index (χ2n) is 7.89. The number of hydrogen-bond donors (Lipinski definition) is 0. The number of piperidine rings is 1. The van der Waals surface area contributed by atoms with Crippen molar-refractivity contribution in [1.29, 1.82) is 0 Å². The number of rotatable bonds is 7. The average Bonchev–Trinajstić information content (AvgIpc) is 2.77. The average molecular weight is 454 g/mol. The van der Waals surface area contributed by atoms with Gasteiger partial charge in [-0.2, -0.15) is 0 Å². The predicted octanol–water partition coefficient (Wildman–Crippen LogP) is 5.29. The van der Waals surface area contributed by atoms with Crippen LogP contribution in [0.3, 0.4) is 0 Å². The Labute approximate surface area is 181 Å². The molecule has 1 aromatic carbocycles. The van der Waals surface area contributed by atoms with Gasteiger partial charge in [-0.25, -0.2) is 4.98 Å². The van der Waals surface area contributed by atoms with Gasteiger partial charge in [-0.3, -0.25) is 4.98 Å². The maximum absolute atomic E-state index is 5.29. The van der Waals surface area contributed by atoms with Gasteiger partial charge in [-0.1, -0.05) is 28.1 Å². The molecule has 152 valence electrons. The van der Waals surface area contributed by atoms with Crippen LogP contribution >= 0.6 is 15.9 Å². The van der Waals surface area contributed by atoms with Crippen LogP contribution in [0, 0.1) is 5.92 Å². The van der Waals surface area contributed by atoms with Crippen LogP contribution in [-0.4, -0.2) is 41.6 Å². The topological polar surface area (TPSA) is 38.2 Å². The van der Waals surface area contributed by atoms with Gasteiger partial charge in [-0.05, 0) is 86.5 Å². The van der Waals surface area contributed by atoms with Crippen LogP contribution in [0.25, 0.3) is 11.0 Å². The molecule has 3 aromatic rings. The molecule has 1 fully saturated rings. The summed E-state index contributed by atoms with van der Waals surface area (Å²) in [6.45, 7) is 3.48. The van der Waals surface area contributed by atoms with E-state index in [0.717, 1.165) is 34.4 Å². The number of aromatic nitrogens is 2. The number of likely N-dealkylation sites (tertiary alicyclic amines) is 1. The molecule has 1 aliphatic rings. The molecular weight excluding hydrogens is 426 g/mol. The molecule has 0 radical (unpaired) electrons. The van der Waals surface area contributed by atoms with Crippen molar-refractivity contribution in [2.45, 2.75) is 32.1 Å². The molecule has 29 heavy (non-hydrogen) atoms. The van der Waals surface area contributed by atoms with Gasteiger partial charge in [0.25, 0.3) is 0 Å². The molecular formula is C24H28BrN3O. The summed E-state index contributed by atoms with van der Waals surface area (Å²) in [5.74, 6) is 1.50. The van der Waals surface area contributed by atoms with Crippen LogP contribution in [0.2, 0.25) is 0 Å². The summed E-state index contributed by atoms with van der Waals surface area (Å²) in [7, 11) is 1.66. The maximum Gasteiger partial charge on any atom is 0.213 e. The Bertz CT molecular complexity index is 937. The summed E-state index contributed by atoms with van der Waals surface area (Å²) in [6, 6.07) is 14.7. The molecule has 0 amide bonds. The lowest BCUT2D eigenvalue weighted by Gasteiger charge is -2.32. The van der Waals surface area contributed by atoms with E-state index >= 15 is 0 Å². The number of methoxy groups -OCH3 is 1. The highest BCUT2D eigenvalue weighted by Crippen LogP contribution is 2.24. The van der Waals surface area contributed by atoms with Gasteiger partial charge < -0.3 is 9.64 Å². The molecule has 4 rings (SSSR count). The Morgan fingerprint density at radius 1 is 1.03 bits per heavy atom. The van der Waals surface area contributed by atoms with Gasteiger partial charge in [-0.15, -0.1) is 0 Å². The maximum atomic E-state index is 5.29. The molecule has 0 aliphatic carbocycles. The fourth-order valence-electron chi connectivity index (χ4n) is 4.18. The molecule has 2 aromatic heterocycles. The van der Waals surface area contributed by atoms with Gasteiger partial charge in [0.05, 0.1) is 18.1 Å². The number of halogens is 1. The highest BCUT2D eigenvalue weighted by atomic mass is 79.9. The van der Waals surface area contributed by atoms with Crippen molar-refractivity contribution >= 4 is 27.0 Å². The van der Waals surface area contributed by atoms with Gasteiger partial charge in [0.1, 0.15) is 0 Å². The van der Waals surface area contributed by atoms with E-state index in [1.54, 1.807) is 7.11 Å². The van der Waals surface area contributed by atoms with Gasteiger partial charge in [0, 0.05) is 23.3 Å². The van der Waals surface area contributed by atoms with Crippen LogP contribution in [0.15, 0.2) is 53.1 Å². The number of hydrogen-bond acceptors (Lipinski definition) is 4. The van der Waals surface area contributed by atoms with Crippen molar-refractivity contribution in [1.82, 2.24) is 14.9 Å². The van der Waals surface area contributed by atoms with E-state index in [1.165, 1.54) is 49.9 Å². The summed E-state index contributed by atoms with van der Waals surface area (Å²) in [4.78, 5) is 11.7. The zero-order valence-electron chi connectivity index (χ0n) is 17.0. The molecule has 1 saturated heterocycles. The third-order valence-electron chi connectivity index (χ3n) is 6.01. The molecule has 0 unspecified atom stereocenters. The van der Waals surface area contributed by atoms with E-state index in [-0.39, 0.29) is 0 Å². The van der Waals surface area contributed by atoms with Gasteiger partial charge in [0.15, 0.2) is 0 Å². The first-order chi connectivity index (χ1) is 14.2. The third kappa shape index (κ3) is 5.34. The minimum Gasteiger partial charge on any atom is -0.481 e. The molecule has 3 heterocycles. The summed E-state index contributed by atoms with van der Waals surface area (Å²) in [5, 5.41) is 0. The lowest BCUT2D eigenvalue weighted by atomic mass is 9.90. The zero-order valence-corrected chi connectivity index (χ0v) is 18.6. The third-order valence-corrected chi connectivity index (χ3v) is 6.54. The minimum atomic E-state index is 0.651. The highest BCUT2D eigenvalue weighted by molar-refractivity contribution is 9.10. The summed E-state index contributed by atoms with van der Waals surface area (Å²) >= 11 is 3.51. The smallest absolute Gasteiger partial charge is 0.213 e. The Morgan fingerprint density at radius 3 is 2.59 bits per heavy atom. The molecule has 4 nitrogen and oxygen atoms in total. The molecule has 0 atom stereocenters. The molecule has 0 bridgehead atoms. The monoisotopic (exact) mass is 453 g/mol. The number of benzene rings is 1. The molecule has 5 heteroatoms. The highest BCUT2D eigenvalue weighted by Gasteiger charge is 2.19. The second-order valence-corrected chi connectivity index (χ2v) is 8.81. The minimum absolute atomic E-state index is 0.651. The Kier molecular flexibility index (Phi) is 6.78. The van der Waals surface area contributed by atoms with Crippen molar-refractivity contribution in [3.8, 4) is 5.88 Å². The van der Waals surface area contributed by atoms with E-state index < -0.39 is 0 Å². The summed E-state index contributed by atoms with van der Waals surface area (Å²) < 4.78 is 6.45. The Hall–Kier alpha value is -1.98. The van der Waals surface area contributed by atoms with Crippen molar-refractivity contribution in [2.24, 2.45) is 5.92 Å². The zero-order chi connectivity index (χ0) is 20.1. The van der Waals surface area contributed by atoms with Gasteiger partial charge in [0.2, 0.25) is 5.88 Å². The van der Waals surface area contributed by atoms with E-state index in [0.29, 0.717) is 5.88 Å². The molecule has 0 N–H and O–H groups in total. The molecule has 1 aliphatic heterocycles.